The van der Waals surface area contributed by atoms with E-state index in [1.165, 1.54) is 12.1 Å². The Morgan fingerprint density at radius 1 is 1.26 bits per heavy atom. The summed E-state index contributed by atoms with van der Waals surface area (Å²) in [5, 5.41) is 2.27. The summed E-state index contributed by atoms with van der Waals surface area (Å²) in [6.07, 6.45) is -3.27. The van der Waals surface area contributed by atoms with Gasteiger partial charge in [-0.15, -0.1) is 0 Å². The smallest absolute Gasteiger partial charge is 0.416 e. The maximum Gasteiger partial charge on any atom is 0.416 e. The van der Waals surface area contributed by atoms with Crippen molar-refractivity contribution < 1.29 is 37.0 Å². The first-order chi connectivity index (χ1) is 12.7. The molecule has 1 saturated heterocycles. The molecule has 1 aliphatic heterocycles. The molecule has 3 fully saturated rings. The highest BCUT2D eigenvalue weighted by molar-refractivity contribution is 5.93. The van der Waals surface area contributed by atoms with Gasteiger partial charge in [0.1, 0.15) is 6.10 Å². The Morgan fingerprint density at radius 2 is 2.04 bits per heavy atom. The Hall–Kier alpha value is -2.58. The number of rotatable bonds is 4. The van der Waals surface area contributed by atoms with Gasteiger partial charge in [-0.2, -0.15) is 13.2 Å². The maximum absolute atomic E-state index is 12.7. The van der Waals surface area contributed by atoms with Crippen LogP contribution in [0.5, 0.6) is 0 Å². The van der Waals surface area contributed by atoms with Gasteiger partial charge in [0, 0.05) is 11.6 Å². The Kier molecular flexibility index (Phi) is 4.12. The third-order valence-electron chi connectivity index (χ3n) is 5.57. The fraction of sp³-hybridized carbons (Fsp3) is 0.500. The van der Waals surface area contributed by atoms with Gasteiger partial charge in [-0.1, -0.05) is 6.07 Å². The molecule has 1 amide bonds. The lowest BCUT2D eigenvalue weighted by molar-refractivity contribution is -0.157. The summed E-state index contributed by atoms with van der Waals surface area (Å²) in [4.78, 5) is 36.2. The summed E-state index contributed by atoms with van der Waals surface area (Å²) >= 11 is 0. The number of halogens is 3. The van der Waals surface area contributed by atoms with E-state index in [0.29, 0.717) is 6.42 Å². The van der Waals surface area contributed by atoms with Crippen LogP contribution < -0.4 is 5.32 Å². The number of anilines is 1. The van der Waals surface area contributed by atoms with Crippen molar-refractivity contribution in [2.75, 3.05) is 11.9 Å². The van der Waals surface area contributed by atoms with E-state index >= 15 is 0 Å². The number of benzene rings is 1. The molecule has 6 nitrogen and oxygen atoms in total. The zero-order chi connectivity index (χ0) is 19.3. The number of hydrogen-bond donors (Lipinski definition) is 1. The number of fused-ring (bicyclic) bond motifs is 1. The molecule has 1 aromatic rings. The van der Waals surface area contributed by atoms with Gasteiger partial charge >= 0.3 is 18.1 Å². The summed E-state index contributed by atoms with van der Waals surface area (Å²) in [7, 11) is 0. The lowest BCUT2D eigenvalue weighted by Gasteiger charge is -2.22. The van der Waals surface area contributed by atoms with Gasteiger partial charge in [-0.25, -0.2) is 0 Å². The molecule has 4 rings (SSSR count). The van der Waals surface area contributed by atoms with E-state index in [1.54, 1.807) is 0 Å². The fourth-order valence-electron chi connectivity index (χ4n) is 4.53. The third-order valence-corrected chi connectivity index (χ3v) is 5.57. The summed E-state index contributed by atoms with van der Waals surface area (Å²) in [5.74, 6) is -2.84. The van der Waals surface area contributed by atoms with Crippen LogP contribution in [0.3, 0.4) is 0 Å². The van der Waals surface area contributed by atoms with E-state index in [1.807, 2.05) is 0 Å². The van der Waals surface area contributed by atoms with Crippen LogP contribution in [0.4, 0.5) is 18.9 Å². The quantitative estimate of drug-likeness (QED) is 0.808. The first-order valence-corrected chi connectivity index (χ1v) is 8.58. The topological polar surface area (TPSA) is 81.7 Å². The molecular weight excluding hydrogens is 367 g/mol. The maximum atomic E-state index is 12.7. The van der Waals surface area contributed by atoms with Gasteiger partial charge in [-0.05, 0) is 37.0 Å². The van der Waals surface area contributed by atoms with Crippen LogP contribution in [-0.2, 0) is 30.0 Å². The van der Waals surface area contributed by atoms with Crippen LogP contribution in [0.15, 0.2) is 24.3 Å². The van der Waals surface area contributed by atoms with E-state index < -0.39 is 42.1 Å². The highest BCUT2D eigenvalue weighted by Gasteiger charge is 2.64. The number of carbonyl (C=O) groups excluding carboxylic acids is 3. The van der Waals surface area contributed by atoms with E-state index in [4.69, 9.17) is 9.47 Å². The number of esters is 2. The largest absolute Gasteiger partial charge is 0.462 e. The predicted octanol–water partition coefficient (Wildman–Crippen LogP) is 2.38. The second-order valence-corrected chi connectivity index (χ2v) is 7.16. The van der Waals surface area contributed by atoms with E-state index in [0.717, 1.165) is 18.6 Å². The molecule has 144 valence electrons. The number of ether oxygens (including phenoxy) is 2. The molecule has 0 unspecified atom stereocenters. The van der Waals surface area contributed by atoms with Gasteiger partial charge < -0.3 is 14.8 Å². The second kappa shape index (κ2) is 6.24. The third kappa shape index (κ3) is 3.15. The Morgan fingerprint density at radius 3 is 2.78 bits per heavy atom. The van der Waals surface area contributed by atoms with Crippen molar-refractivity contribution in [1.29, 1.82) is 0 Å². The van der Waals surface area contributed by atoms with Gasteiger partial charge in [0.25, 0.3) is 5.91 Å². The van der Waals surface area contributed by atoms with Crippen molar-refractivity contribution in [3.05, 3.63) is 29.8 Å². The summed E-state index contributed by atoms with van der Waals surface area (Å²) in [6.45, 7) is -0.631. The van der Waals surface area contributed by atoms with Crippen LogP contribution in [0, 0.1) is 23.7 Å². The van der Waals surface area contributed by atoms with Crippen molar-refractivity contribution in [3.63, 3.8) is 0 Å². The first-order valence-electron chi connectivity index (χ1n) is 8.58. The molecule has 1 N–H and O–H groups in total. The van der Waals surface area contributed by atoms with Gasteiger partial charge in [0.2, 0.25) is 0 Å². The summed E-state index contributed by atoms with van der Waals surface area (Å²) in [5.41, 5.74) is -0.943. The first kappa shape index (κ1) is 17.8. The van der Waals surface area contributed by atoms with Crippen molar-refractivity contribution in [3.8, 4) is 0 Å². The molecule has 1 heterocycles. The number of amides is 1. The zero-order valence-electron chi connectivity index (χ0n) is 14.0. The van der Waals surface area contributed by atoms with E-state index in [2.05, 4.69) is 5.32 Å². The minimum Gasteiger partial charge on any atom is -0.462 e. The normalized spacial score (nSPS) is 30.9. The minimum absolute atomic E-state index is 0.00970. The number of carbonyl (C=O) groups is 3. The van der Waals surface area contributed by atoms with Crippen LogP contribution in [0.1, 0.15) is 18.4 Å². The van der Waals surface area contributed by atoms with Crippen LogP contribution in [-0.4, -0.2) is 30.6 Å². The van der Waals surface area contributed by atoms with E-state index in [-0.39, 0.29) is 29.6 Å². The van der Waals surface area contributed by atoms with Crippen LogP contribution in [0.25, 0.3) is 0 Å². The van der Waals surface area contributed by atoms with Gasteiger partial charge in [0.15, 0.2) is 6.61 Å². The standard InChI is InChI=1S/C18H16F3NO5/c19-18(20,21)9-2-1-3-10(6-9)22-13(23)7-26-16(24)14-8-4-11-12(5-8)27-17(25)15(11)14/h1-3,6,8,11-12,14-15H,4-5,7H2,(H,22,23)/t8-,11+,12+,14-,15+/m1/s1. The lowest BCUT2D eigenvalue weighted by Crippen LogP contribution is -2.34. The predicted molar refractivity (Wildman–Crippen MR) is 84.1 cm³/mol. The fourth-order valence-corrected chi connectivity index (χ4v) is 4.53. The number of nitrogens with one attached hydrogen (secondary N) is 1. The average molecular weight is 383 g/mol. The van der Waals surface area contributed by atoms with Crippen LogP contribution in [0.2, 0.25) is 0 Å². The molecule has 9 heteroatoms. The van der Waals surface area contributed by atoms with Crippen LogP contribution >= 0.6 is 0 Å². The monoisotopic (exact) mass is 383 g/mol. The molecule has 2 saturated carbocycles. The van der Waals surface area contributed by atoms with Crippen molar-refractivity contribution >= 4 is 23.5 Å². The van der Waals surface area contributed by atoms with Crippen molar-refractivity contribution in [2.45, 2.75) is 25.1 Å². The number of hydrogen-bond acceptors (Lipinski definition) is 5. The zero-order valence-corrected chi connectivity index (χ0v) is 14.0. The van der Waals surface area contributed by atoms with Crippen molar-refractivity contribution in [1.82, 2.24) is 0 Å². The van der Waals surface area contributed by atoms with Gasteiger partial charge in [0.05, 0.1) is 17.4 Å². The molecule has 1 aromatic carbocycles. The molecule has 0 aromatic heterocycles. The Labute approximate surface area is 152 Å². The Balaban J connectivity index is 1.34. The number of alkyl halides is 3. The van der Waals surface area contributed by atoms with Crippen molar-refractivity contribution in [2.24, 2.45) is 23.7 Å². The highest BCUT2D eigenvalue weighted by Crippen LogP contribution is 2.57. The highest BCUT2D eigenvalue weighted by atomic mass is 19.4. The Bertz CT molecular complexity index is 806. The SMILES string of the molecule is O=C(COC(=O)[C@@H]1[C@@H]2C[C@@H]3[C@@H]1C(=O)O[C@H]3C2)Nc1cccc(C(F)(F)F)c1. The molecule has 0 radical (unpaired) electrons. The summed E-state index contributed by atoms with van der Waals surface area (Å²) in [6, 6.07) is 4.16. The van der Waals surface area contributed by atoms with E-state index in [9.17, 15) is 27.6 Å². The molecule has 27 heavy (non-hydrogen) atoms. The van der Waals surface area contributed by atoms with Gasteiger partial charge in [-0.3, -0.25) is 14.4 Å². The lowest BCUT2D eigenvalue weighted by atomic mass is 9.80. The summed E-state index contributed by atoms with van der Waals surface area (Å²) < 4.78 is 48.3. The molecule has 2 bridgehead atoms. The molecular formula is C18H16F3NO5. The molecule has 2 aliphatic carbocycles. The molecule has 5 atom stereocenters. The average Bonchev–Trinajstić information content (AvgIpc) is 3.21. The second-order valence-electron chi connectivity index (χ2n) is 7.16. The molecule has 3 aliphatic rings. The molecule has 0 spiro atoms. The minimum atomic E-state index is -4.53.